The second-order valence-corrected chi connectivity index (χ2v) is 9.35. The van der Waals surface area contributed by atoms with Crippen LogP contribution in [0.4, 0.5) is 17.6 Å². The number of ether oxygens (including phenoxy) is 1. The fourth-order valence-electron chi connectivity index (χ4n) is 3.86. The summed E-state index contributed by atoms with van der Waals surface area (Å²) < 4.78 is 59.6. The minimum atomic E-state index is -4.52. The smallest absolute Gasteiger partial charge is 0.379 e. The maximum absolute atomic E-state index is 14.7. The predicted molar refractivity (Wildman–Crippen MR) is 133 cm³/mol. The van der Waals surface area contributed by atoms with Crippen molar-refractivity contribution >= 4 is 28.9 Å². The van der Waals surface area contributed by atoms with Crippen LogP contribution in [-0.4, -0.2) is 54.8 Å². The first kappa shape index (κ1) is 27.3. The molecule has 0 bridgehead atoms. The summed E-state index contributed by atoms with van der Waals surface area (Å²) in [5.41, 5.74) is -1.82. The van der Waals surface area contributed by atoms with Crippen molar-refractivity contribution in [1.29, 1.82) is 5.26 Å². The van der Waals surface area contributed by atoms with Crippen molar-refractivity contribution in [2.24, 2.45) is 0 Å². The van der Waals surface area contributed by atoms with Crippen LogP contribution in [0.5, 0.6) is 0 Å². The summed E-state index contributed by atoms with van der Waals surface area (Å²) in [5, 5.41) is 12.5. The Morgan fingerprint density at radius 3 is 2.45 bits per heavy atom. The van der Waals surface area contributed by atoms with E-state index in [0.29, 0.717) is 32.8 Å². The first-order valence-electron chi connectivity index (χ1n) is 11.6. The average molecular weight is 547 g/mol. The fourth-order valence-corrected chi connectivity index (χ4v) is 4.95. The largest absolute Gasteiger partial charge is 0.416 e. The highest BCUT2D eigenvalue weighted by atomic mass is 32.1. The van der Waals surface area contributed by atoms with E-state index in [1.54, 1.807) is 0 Å². The molecule has 2 aromatic carbocycles. The first-order chi connectivity index (χ1) is 18.2. The van der Waals surface area contributed by atoms with Crippen LogP contribution in [0.1, 0.15) is 11.1 Å². The van der Waals surface area contributed by atoms with Gasteiger partial charge in [0, 0.05) is 26.2 Å². The number of hydrogen-bond acceptors (Lipinski definition) is 6. The highest BCUT2D eigenvalue weighted by molar-refractivity contribution is 7.07. The molecule has 3 aromatic rings. The van der Waals surface area contributed by atoms with E-state index in [0.717, 1.165) is 34.1 Å². The van der Waals surface area contributed by atoms with E-state index >= 15 is 0 Å². The first-order valence-corrected chi connectivity index (χ1v) is 12.4. The zero-order valence-electron chi connectivity index (χ0n) is 19.9. The maximum atomic E-state index is 14.7. The molecule has 38 heavy (non-hydrogen) atoms. The van der Waals surface area contributed by atoms with E-state index in [-0.39, 0.29) is 32.6 Å². The number of aromatic nitrogens is 1. The van der Waals surface area contributed by atoms with Crippen LogP contribution in [0.3, 0.4) is 0 Å². The van der Waals surface area contributed by atoms with E-state index in [1.165, 1.54) is 36.4 Å². The summed E-state index contributed by atoms with van der Waals surface area (Å²) in [6.45, 7) is 3.38. The number of carbonyl (C=O) groups excluding carboxylic acids is 1. The molecule has 4 rings (SSSR count). The molecule has 1 fully saturated rings. The number of morpholine rings is 1. The lowest BCUT2D eigenvalue weighted by Gasteiger charge is -2.26. The Labute approximate surface area is 218 Å². The van der Waals surface area contributed by atoms with E-state index in [2.05, 4.69) is 10.2 Å². The molecule has 1 saturated heterocycles. The van der Waals surface area contributed by atoms with Crippen molar-refractivity contribution < 1.29 is 27.1 Å². The van der Waals surface area contributed by atoms with Gasteiger partial charge in [0.25, 0.3) is 11.5 Å². The molecule has 1 N–H and O–H groups in total. The van der Waals surface area contributed by atoms with Gasteiger partial charge in [-0.3, -0.25) is 19.1 Å². The van der Waals surface area contributed by atoms with Gasteiger partial charge in [-0.2, -0.15) is 18.4 Å². The Balaban J connectivity index is 1.77. The van der Waals surface area contributed by atoms with Gasteiger partial charge < -0.3 is 10.1 Å². The molecule has 0 aliphatic carbocycles. The van der Waals surface area contributed by atoms with Crippen molar-refractivity contribution in [3.8, 4) is 11.8 Å². The minimum absolute atomic E-state index is 0.0110. The number of thiazole rings is 1. The molecule has 1 aromatic heterocycles. The number of nitrogens with zero attached hydrogens (tertiary/aromatic N) is 3. The Kier molecular flexibility index (Phi) is 8.41. The molecule has 12 heteroatoms. The van der Waals surface area contributed by atoms with Crippen molar-refractivity contribution in [3.05, 3.63) is 85.0 Å². The molecular weight excluding hydrogens is 524 g/mol. The van der Waals surface area contributed by atoms with E-state index < -0.39 is 29.0 Å². The maximum Gasteiger partial charge on any atom is 0.416 e. The Bertz CT molecular complexity index is 1530. The highest BCUT2D eigenvalue weighted by Gasteiger charge is 2.29. The number of carbonyl (C=O) groups is 1. The fraction of sp³-hybridized carbons (Fsp3) is 0.269. The summed E-state index contributed by atoms with van der Waals surface area (Å²) in [5.74, 6) is -1.48. The van der Waals surface area contributed by atoms with Crippen molar-refractivity contribution in [2.45, 2.75) is 6.18 Å². The van der Waals surface area contributed by atoms with E-state index in [1.807, 2.05) is 6.07 Å². The zero-order valence-corrected chi connectivity index (χ0v) is 20.7. The van der Waals surface area contributed by atoms with Crippen LogP contribution in [0, 0.1) is 17.1 Å². The summed E-state index contributed by atoms with van der Waals surface area (Å²) in [6, 6.07) is 11.4. The van der Waals surface area contributed by atoms with Crippen LogP contribution in [-0.2, 0) is 15.7 Å². The number of hydrogen-bond donors (Lipinski definition) is 1. The third kappa shape index (κ3) is 6.19. The predicted octanol–water partition coefficient (Wildman–Crippen LogP) is 2.01. The lowest BCUT2D eigenvalue weighted by molar-refractivity contribution is -0.137. The lowest BCUT2D eigenvalue weighted by atomic mass is 10.1. The van der Waals surface area contributed by atoms with Crippen LogP contribution in [0.25, 0.3) is 17.3 Å². The van der Waals surface area contributed by atoms with Crippen molar-refractivity contribution in [1.82, 2.24) is 14.8 Å². The number of nitriles is 1. The minimum Gasteiger partial charge on any atom is -0.379 e. The Hall–Kier alpha value is -3.79. The van der Waals surface area contributed by atoms with Gasteiger partial charge in [0.1, 0.15) is 16.5 Å². The number of benzene rings is 2. The number of rotatable bonds is 6. The zero-order chi connectivity index (χ0) is 27.3. The molecule has 198 valence electrons. The van der Waals surface area contributed by atoms with Crippen molar-refractivity contribution in [3.63, 3.8) is 0 Å². The number of nitrogens with one attached hydrogen (secondary N) is 1. The standard InChI is InChI=1S/C26H22F4N4O3S/c27-20-3-1-2-4-21(20)34-24(36)22(15-17-5-7-18(8-6-17)26(28,29)30)38-25(34)19(16-31)23(35)32-9-10-33-11-13-37-14-12-33/h1-8,15H,9-14H2,(H,32,35)/b22-15-,25-19-. The van der Waals surface area contributed by atoms with Gasteiger partial charge in [0.05, 0.1) is 29.0 Å². The van der Waals surface area contributed by atoms with Gasteiger partial charge in [-0.1, -0.05) is 24.3 Å². The molecule has 0 spiro atoms. The second kappa shape index (κ2) is 11.7. The quantitative estimate of drug-likeness (QED) is 0.478. The molecule has 0 radical (unpaired) electrons. The lowest BCUT2D eigenvalue weighted by Crippen LogP contribution is -2.42. The number of halogens is 4. The van der Waals surface area contributed by atoms with Gasteiger partial charge in [-0.25, -0.2) is 4.39 Å². The van der Waals surface area contributed by atoms with Crippen molar-refractivity contribution in [2.75, 3.05) is 39.4 Å². The molecule has 0 saturated carbocycles. The van der Waals surface area contributed by atoms with Gasteiger partial charge >= 0.3 is 6.18 Å². The molecule has 7 nitrogen and oxygen atoms in total. The molecule has 2 heterocycles. The van der Waals surface area contributed by atoms with E-state index in [9.17, 15) is 32.4 Å². The van der Waals surface area contributed by atoms with Crippen LogP contribution >= 0.6 is 11.3 Å². The van der Waals surface area contributed by atoms with Gasteiger partial charge in [-0.15, -0.1) is 11.3 Å². The Morgan fingerprint density at radius 2 is 1.82 bits per heavy atom. The average Bonchev–Trinajstić information content (AvgIpc) is 3.20. The molecule has 0 unspecified atom stereocenters. The summed E-state index contributed by atoms with van der Waals surface area (Å²) in [6.07, 6.45) is -3.18. The monoisotopic (exact) mass is 546 g/mol. The number of alkyl halides is 3. The van der Waals surface area contributed by atoms with Crippen LogP contribution in [0.2, 0.25) is 0 Å². The molecular formula is C26H22F4N4O3S. The molecule has 1 aliphatic heterocycles. The molecule has 0 atom stereocenters. The van der Waals surface area contributed by atoms with E-state index in [4.69, 9.17) is 4.74 Å². The Morgan fingerprint density at radius 1 is 1.13 bits per heavy atom. The summed E-state index contributed by atoms with van der Waals surface area (Å²) in [4.78, 5) is 28.4. The third-order valence-corrected chi connectivity index (χ3v) is 6.92. The SMILES string of the molecule is N#C/C(C(=O)NCCN1CCOCC1)=c1/s/c(=C\c2ccc(C(F)(F)F)cc2)c(=O)n1-c1ccccc1F. The van der Waals surface area contributed by atoms with Gasteiger partial charge in [0.2, 0.25) is 0 Å². The van der Waals surface area contributed by atoms with Crippen LogP contribution in [0.15, 0.2) is 53.3 Å². The third-order valence-electron chi connectivity index (χ3n) is 5.82. The van der Waals surface area contributed by atoms with Crippen LogP contribution < -0.4 is 20.1 Å². The summed E-state index contributed by atoms with van der Waals surface area (Å²) >= 11 is 0.775. The van der Waals surface area contributed by atoms with Gasteiger partial charge in [0.15, 0.2) is 5.57 Å². The molecule has 1 aliphatic rings. The second-order valence-electron chi connectivity index (χ2n) is 8.32. The highest BCUT2D eigenvalue weighted by Crippen LogP contribution is 2.29. The summed E-state index contributed by atoms with van der Waals surface area (Å²) in [7, 11) is 0. The number of para-hydroxylation sites is 1. The number of amides is 1. The topological polar surface area (TPSA) is 87.4 Å². The molecule has 1 amide bonds. The normalized spacial score (nSPS) is 15.7. The van der Waals surface area contributed by atoms with Gasteiger partial charge in [-0.05, 0) is 35.9 Å².